The van der Waals surface area contributed by atoms with Gasteiger partial charge in [-0.3, -0.25) is 10.1 Å². The van der Waals surface area contributed by atoms with Crippen LogP contribution in [-0.2, 0) is 0 Å². The fraction of sp³-hybridized carbons (Fsp3) is 0.0769. The molecule has 0 atom stereocenters. The molecule has 8 heteroatoms. The molecule has 0 aliphatic heterocycles. The van der Waals surface area contributed by atoms with E-state index in [1.165, 1.54) is 18.2 Å². The van der Waals surface area contributed by atoms with Crippen LogP contribution in [0.25, 0.3) is 0 Å². The average molecular weight is 352 g/mol. The SMILES string of the molecule is Cc1cc([N+](=O)[O-])cnc1Nc1ccc(C(=O)O)cc1Br. The van der Waals surface area contributed by atoms with Crippen molar-refractivity contribution in [2.45, 2.75) is 6.92 Å². The first-order valence-corrected chi connectivity index (χ1v) is 6.58. The van der Waals surface area contributed by atoms with Crippen molar-refractivity contribution in [2.24, 2.45) is 0 Å². The number of hydrogen-bond donors (Lipinski definition) is 2. The zero-order valence-corrected chi connectivity index (χ0v) is 12.4. The van der Waals surface area contributed by atoms with Crippen LogP contribution in [0.1, 0.15) is 15.9 Å². The second-order valence-corrected chi connectivity index (χ2v) is 5.10. The summed E-state index contributed by atoms with van der Waals surface area (Å²) >= 11 is 3.27. The first-order chi connectivity index (χ1) is 9.88. The Morgan fingerprint density at radius 3 is 2.67 bits per heavy atom. The molecule has 0 saturated carbocycles. The minimum absolute atomic E-state index is 0.0849. The van der Waals surface area contributed by atoms with Crippen LogP contribution in [0, 0.1) is 17.0 Å². The van der Waals surface area contributed by atoms with Gasteiger partial charge in [0.25, 0.3) is 5.69 Å². The molecule has 0 fully saturated rings. The van der Waals surface area contributed by atoms with Gasteiger partial charge in [-0.25, -0.2) is 9.78 Å². The Morgan fingerprint density at radius 2 is 2.14 bits per heavy atom. The monoisotopic (exact) mass is 351 g/mol. The minimum Gasteiger partial charge on any atom is -0.478 e. The van der Waals surface area contributed by atoms with Crippen molar-refractivity contribution in [3.63, 3.8) is 0 Å². The molecule has 7 nitrogen and oxygen atoms in total. The van der Waals surface area contributed by atoms with Gasteiger partial charge in [0.1, 0.15) is 12.0 Å². The van der Waals surface area contributed by atoms with Gasteiger partial charge in [-0.1, -0.05) is 0 Å². The lowest BCUT2D eigenvalue weighted by atomic mass is 10.2. The lowest BCUT2D eigenvalue weighted by Gasteiger charge is -2.10. The van der Waals surface area contributed by atoms with Gasteiger partial charge in [0, 0.05) is 10.5 Å². The summed E-state index contributed by atoms with van der Waals surface area (Å²) < 4.78 is 0.557. The van der Waals surface area contributed by atoms with Crippen molar-refractivity contribution in [1.29, 1.82) is 0 Å². The molecule has 21 heavy (non-hydrogen) atoms. The van der Waals surface area contributed by atoms with E-state index in [-0.39, 0.29) is 11.3 Å². The highest BCUT2D eigenvalue weighted by Crippen LogP contribution is 2.28. The Labute approximate surface area is 127 Å². The maximum Gasteiger partial charge on any atom is 0.335 e. The van der Waals surface area contributed by atoms with Crippen LogP contribution in [0.3, 0.4) is 0 Å². The third-order valence-electron chi connectivity index (χ3n) is 2.74. The Kier molecular flexibility index (Phi) is 4.18. The molecular formula is C13H10BrN3O4. The molecule has 2 aromatic rings. The third-order valence-corrected chi connectivity index (χ3v) is 3.40. The Balaban J connectivity index is 2.30. The summed E-state index contributed by atoms with van der Waals surface area (Å²) in [6.07, 6.45) is 1.16. The first kappa shape index (κ1) is 14.9. The predicted molar refractivity (Wildman–Crippen MR) is 80.0 cm³/mol. The van der Waals surface area contributed by atoms with Crippen LogP contribution in [-0.4, -0.2) is 21.0 Å². The van der Waals surface area contributed by atoms with Crippen molar-refractivity contribution >= 4 is 39.1 Å². The smallest absolute Gasteiger partial charge is 0.335 e. The van der Waals surface area contributed by atoms with Crippen molar-refractivity contribution in [3.8, 4) is 0 Å². The molecule has 0 amide bonds. The number of benzene rings is 1. The number of rotatable bonds is 4. The maximum absolute atomic E-state index is 10.9. The van der Waals surface area contributed by atoms with E-state index >= 15 is 0 Å². The quantitative estimate of drug-likeness (QED) is 0.644. The first-order valence-electron chi connectivity index (χ1n) is 5.79. The molecule has 0 bridgehead atoms. The molecule has 0 saturated heterocycles. The molecule has 0 spiro atoms. The zero-order chi connectivity index (χ0) is 15.6. The van der Waals surface area contributed by atoms with Gasteiger partial charge in [-0.15, -0.1) is 0 Å². The molecule has 1 heterocycles. The van der Waals surface area contributed by atoms with E-state index in [9.17, 15) is 14.9 Å². The van der Waals surface area contributed by atoms with Crippen molar-refractivity contribution in [2.75, 3.05) is 5.32 Å². The van der Waals surface area contributed by atoms with Gasteiger partial charge in [0.15, 0.2) is 0 Å². The van der Waals surface area contributed by atoms with E-state index in [0.29, 0.717) is 21.5 Å². The van der Waals surface area contributed by atoms with Crippen LogP contribution in [0.5, 0.6) is 0 Å². The highest BCUT2D eigenvalue weighted by Gasteiger charge is 2.11. The van der Waals surface area contributed by atoms with Gasteiger partial charge in [-0.2, -0.15) is 0 Å². The van der Waals surface area contributed by atoms with Crippen LogP contribution >= 0.6 is 15.9 Å². The van der Waals surface area contributed by atoms with Crippen molar-refractivity contribution in [3.05, 3.63) is 56.2 Å². The normalized spacial score (nSPS) is 10.2. The molecule has 2 N–H and O–H groups in total. The lowest BCUT2D eigenvalue weighted by Crippen LogP contribution is -2.01. The molecule has 0 unspecified atom stereocenters. The van der Waals surface area contributed by atoms with Gasteiger partial charge in [0.2, 0.25) is 0 Å². The van der Waals surface area contributed by atoms with Gasteiger partial charge in [-0.05, 0) is 46.6 Å². The summed E-state index contributed by atoms with van der Waals surface area (Å²) in [6.45, 7) is 1.70. The number of aromatic nitrogens is 1. The van der Waals surface area contributed by atoms with E-state index in [0.717, 1.165) is 6.20 Å². The Hall–Kier alpha value is -2.48. The highest BCUT2D eigenvalue weighted by molar-refractivity contribution is 9.10. The summed E-state index contributed by atoms with van der Waals surface area (Å²) in [5.74, 6) is -0.559. The molecule has 0 aliphatic carbocycles. The Morgan fingerprint density at radius 1 is 1.43 bits per heavy atom. The summed E-state index contributed by atoms with van der Waals surface area (Å²) in [6, 6.07) is 5.92. The highest BCUT2D eigenvalue weighted by atomic mass is 79.9. The number of carboxylic acid groups (broad SMARTS) is 1. The second kappa shape index (κ2) is 5.88. The molecule has 0 aliphatic rings. The van der Waals surface area contributed by atoms with E-state index in [4.69, 9.17) is 5.11 Å². The van der Waals surface area contributed by atoms with E-state index in [2.05, 4.69) is 26.2 Å². The van der Waals surface area contributed by atoms with Crippen LogP contribution in [0.2, 0.25) is 0 Å². The topological polar surface area (TPSA) is 105 Å². The van der Waals surface area contributed by atoms with E-state index in [1.54, 1.807) is 13.0 Å². The van der Waals surface area contributed by atoms with Crippen LogP contribution in [0.15, 0.2) is 34.9 Å². The van der Waals surface area contributed by atoms with Crippen molar-refractivity contribution in [1.82, 2.24) is 4.98 Å². The van der Waals surface area contributed by atoms with Crippen LogP contribution in [0.4, 0.5) is 17.2 Å². The summed E-state index contributed by atoms with van der Waals surface area (Å²) in [7, 11) is 0. The summed E-state index contributed by atoms with van der Waals surface area (Å²) in [5, 5.41) is 22.6. The van der Waals surface area contributed by atoms with Gasteiger partial charge < -0.3 is 10.4 Å². The summed E-state index contributed by atoms with van der Waals surface area (Å²) in [4.78, 5) is 25.0. The average Bonchev–Trinajstić information content (AvgIpc) is 2.42. The fourth-order valence-corrected chi connectivity index (χ4v) is 2.15. The Bertz CT molecular complexity index is 672. The number of anilines is 2. The standard InChI is InChI=1S/C13H10BrN3O4/c1-7-4-9(17(20)21)6-15-12(7)16-11-3-2-8(13(18)19)5-10(11)14/h2-6H,1H3,(H,15,16)(H,18,19). The molecule has 1 aromatic heterocycles. The van der Waals surface area contributed by atoms with E-state index < -0.39 is 10.9 Å². The van der Waals surface area contributed by atoms with E-state index in [1.807, 2.05) is 0 Å². The zero-order valence-electron chi connectivity index (χ0n) is 10.8. The number of aryl methyl sites for hydroxylation is 1. The van der Waals surface area contributed by atoms with Crippen molar-refractivity contribution < 1.29 is 14.8 Å². The van der Waals surface area contributed by atoms with Crippen LogP contribution < -0.4 is 5.32 Å². The number of nitrogens with one attached hydrogen (secondary N) is 1. The minimum atomic E-state index is -1.02. The van der Waals surface area contributed by atoms with Gasteiger partial charge in [0.05, 0.1) is 16.2 Å². The fourth-order valence-electron chi connectivity index (χ4n) is 1.67. The molecule has 0 radical (unpaired) electrons. The maximum atomic E-state index is 10.9. The summed E-state index contributed by atoms with van der Waals surface area (Å²) in [5.41, 5.74) is 1.29. The largest absolute Gasteiger partial charge is 0.478 e. The number of nitro groups is 1. The predicted octanol–water partition coefficient (Wildman–Crippen LogP) is 3.50. The molecule has 2 rings (SSSR count). The second-order valence-electron chi connectivity index (χ2n) is 4.24. The number of pyridine rings is 1. The number of nitrogens with zero attached hydrogens (tertiary/aromatic N) is 2. The molecule has 1 aromatic carbocycles. The molecular weight excluding hydrogens is 342 g/mol. The molecule has 108 valence electrons. The number of halogens is 1. The number of carboxylic acids is 1. The lowest BCUT2D eigenvalue weighted by molar-refractivity contribution is -0.385. The van der Waals surface area contributed by atoms with Gasteiger partial charge >= 0.3 is 5.97 Å². The number of aromatic carboxylic acids is 1. The third kappa shape index (κ3) is 3.34. The number of carbonyl (C=O) groups is 1. The number of hydrogen-bond acceptors (Lipinski definition) is 5.